The first-order valence-corrected chi connectivity index (χ1v) is 7.13. The second kappa shape index (κ2) is 4.59. The van der Waals surface area contributed by atoms with Crippen LogP contribution in [0.1, 0.15) is 25.7 Å². The quantitative estimate of drug-likeness (QED) is 0.908. The summed E-state index contributed by atoms with van der Waals surface area (Å²) in [5.41, 5.74) is 0. The monoisotopic (exact) mass is 260 g/mol. The van der Waals surface area contributed by atoms with E-state index in [0.29, 0.717) is 10.8 Å². The summed E-state index contributed by atoms with van der Waals surface area (Å²) in [4.78, 5) is 3.92. The van der Waals surface area contributed by atoms with Crippen LogP contribution in [0, 0.1) is 0 Å². The maximum absolute atomic E-state index is 11.9. The second-order valence-electron chi connectivity index (χ2n) is 3.91. The average Bonchev–Trinajstić information content (AvgIpc) is 2.69. The normalized spacial score (nSPS) is 17.6. The van der Waals surface area contributed by atoms with E-state index < -0.39 is 10.0 Å². The first kappa shape index (κ1) is 11.7. The number of pyridine rings is 1. The van der Waals surface area contributed by atoms with Gasteiger partial charge in [0.25, 0.3) is 0 Å². The van der Waals surface area contributed by atoms with E-state index in [9.17, 15) is 8.42 Å². The lowest BCUT2D eigenvalue weighted by Gasteiger charge is -2.12. The Bertz CT molecular complexity index is 469. The Labute approximate surface area is 100 Å². The lowest BCUT2D eigenvalue weighted by atomic mass is 10.4. The summed E-state index contributed by atoms with van der Waals surface area (Å²) < 4.78 is 26.3. The van der Waals surface area contributed by atoms with Crippen LogP contribution in [0.2, 0.25) is 5.02 Å². The third-order valence-corrected chi connectivity index (χ3v) is 4.79. The molecule has 0 radical (unpaired) electrons. The van der Waals surface area contributed by atoms with Gasteiger partial charge in [-0.05, 0) is 18.9 Å². The fourth-order valence-corrected chi connectivity index (χ4v) is 3.57. The molecule has 0 atom stereocenters. The molecule has 1 N–H and O–H groups in total. The fourth-order valence-electron chi connectivity index (χ4n) is 1.89. The molecule has 0 aromatic carbocycles. The van der Waals surface area contributed by atoms with E-state index in [2.05, 4.69) is 9.71 Å². The van der Waals surface area contributed by atoms with Crippen LogP contribution in [0.15, 0.2) is 18.3 Å². The van der Waals surface area contributed by atoms with Crippen molar-refractivity contribution in [2.24, 2.45) is 0 Å². The van der Waals surface area contributed by atoms with Gasteiger partial charge in [0.1, 0.15) is 5.82 Å². The van der Waals surface area contributed by atoms with Crippen molar-refractivity contribution < 1.29 is 8.42 Å². The van der Waals surface area contributed by atoms with E-state index in [4.69, 9.17) is 11.6 Å². The summed E-state index contributed by atoms with van der Waals surface area (Å²) in [6.45, 7) is 0. The van der Waals surface area contributed by atoms with Gasteiger partial charge >= 0.3 is 0 Å². The molecule has 1 aromatic rings. The van der Waals surface area contributed by atoms with Gasteiger partial charge in [0.2, 0.25) is 10.0 Å². The van der Waals surface area contributed by atoms with Crippen molar-refractivity contribution in [2.75, 3.05) is 4.72 Å². The molecular formula is C10H13ClN2O2S. The molecule has 0 saturated heterocycles. The molecule has 1 aromatic heterocycles. The lowest BCUT2D eigenvalue weighted by Crippen LogP contribution is -2.25. The Morgan fingerprint density at radius 1 is 1.38 bits per heavy atom. The van der Waals surface area contributed by atoms with Crippen LogP contribution in [-0.4, -0.2) is 18.7 Å². The number of hydrogen-bond acceptors (Lipinski definition) is 3. The van der Waals surface area contributed by atoms with Gasteiger partial charge in [0.15, 0.2) is 0 Å². The van der Waals surface area contributed by atoms with Crippen LogP contribution in [0.4, 0.5) is 5.82 Å². The van der Waals surface area contributed by atoms with E-state index in [0.717, 1.165) is 25.7 Å². The maximum Gasteiger partial charge on any atom is 0.236 e. The summed E-state index contributed by atoms with van der Waals surface area (Å²) in [5.74, 6) is 0.291. The molecule has 1 aliphatic rings. The molecule has 1 fully saturated rings. The molecule has 0 unspecified atom stereocenters. The van der Waals surface area contributed by atoms with E-state index >= 15 is 0 Å². The SMILES string of the molecule is O=S(=O)(Nc1cc(Cl)ccn1)C1CCCC1. The number of nitrogens with zero attached hydrogens (tertiary/aromatic N) is 1. The number of hydrogen-bond donors (Lipinski definition) is 1. The highest BCUT2D eigenvalue weighted by atomic mass is 35.5. The van der Waals surface area contributed by atoms with Crippen LogP contribution in [0.5, 0.6) is 0 Å². The Morgan fingerprint density at radius 2 is 2.06 bits per heavy atom. The molecule has 0 bridgehead atoms. The zero-order chi connectivity index (χ0) is 11.6. The Hall–Kier alpha value is -0.810. The minimum Gasteiger partial charge on any atom is -0.267 e. The van der Waals surface area contributed by atoms with Crippen molar-refractivity contribution in [3.8, 4) is 0 Å². The topological polar surface area (TPSA) is 59.1 Å². The van der Waals surface area contributed by atoms with Crippen molar-refractivity contribution in [2.45, 2.75) is 30.9 Å². The molecule has 4 nitrogen and oxygen atoms in total. The van der Waals surface area contributed by atoms with Gasteiger partial charge in [-0.2, -0.15) is 0 Å². The Morgan fingerprint density at radius 3 is 2.69 bits per heavy atom. The van der Waals surface area contributed by atoms with Crippen molar-refractivity contribution in [1.82, 2.24) is 4.98 Å². The van der Waals surface area contributed by atoms with Crippen molar-refractivity contribution in [3.63, 3.8) is 0 Å². The van der Waals surface area contributed by atoms with Crippen LogP contribution >= 0.6 is 11.6 Å². The highest BCUT2D eigenvalue weighted by Crippen LogP contribution is 2.26. The molecule has 0 spiro atoms. The lowest BCUT2D eigenvalue weighted by molar-refractivity contribution is 0.585. The molecule has 1 heterocycles. The molecule has 6 heteroatoms. The predicted octanol–water partition coefficient (Wildman–Crippen LogP) is 2.42. The molecular weight excluding hydrogens is 248 g/mol. The molecule has 1 saturated carbocycles. The number of halogens is 1. The summed E-state index contributed by atoms with van der Waals surface area (Å²) in [7, 11) is -3.30. The number of aromatic nitrogens is 1. The van der Waals surface area contributed by atoms with Crippen molar-refractivity contribution >= 4 is 27.4 Å². The van der Waals surface area contributed by atoms with Gasteiger partial charge in [-0.1, -0.05) is 24.4 Å². The maximum atomic E-state index is 11.9. The van der Waals surface area contributed by atoms with Gasteiger partial charge in [0.05, 0.1) is 5.25 Å². The summed E-state index contributed by atoms with van der Waals surface area (Å²) >= 11 is 5.76. The first-order chi connectivity index (χ1) is 7.58. The van der Waals surface area contributed by atoms with Gasteiger partial charge in [-0.15, -0.1) is 0 Å². The van der Waals surface area contributed by atoms with Crippen molar-refractivity contribution in [1.29, 1.82) is 0 Å². The smallest absolute Gasteiger partial charge is 0.236 e. The highest BCUT2D eigenvalue weighted by Gasteiger charge is 2.28. The van der Waals surface area contributed by atoms with Crippen LogP contribution in [-0.2, 0) is 10.0 Å². The molecule has 0 amide bonds. The van der Waals surface area contributed by atoms with Crippen LogP contribution < -0.4 is 4.72 Å². The van der Waals surface area contributed by atoms with Crippen LogP contribution in [0.25, 0.3) is 0 Å². The van der Waals surface area contributed by atoms with E-state index in [1.54, 1.807) is 6.07 Å². The minimum atomic E-state index is -3.30. The minimum absolute atomic E-state index is 0.284. The third kappa shape index (κ3) is 2.65. The van der Waals surface area contributed by atoms with E-state index in [1.807, 2.05) is 0 Å². The number of anilines is 1. The van der Waals surface area contributed by atoms with E-state index in [1.165, 1.54) is 12.3 Å². The largest absolute Gasteiger partial charge is 0.267 e. The van der Waals surface area contributed by atoms with Gasteiger partial charge < -0.3 is 0 Å². The Balaban J connectivity index is 2.14. The van der Waals surface area contributed by atoms with Gasteiger partial charge in [-0.25, -0.2) is 13.4 Å². The molecule has 88 valence electrons. The summed E-state index contributed by atoms with van der Waals surface area (Å²) in [6, 6.07) is 3.11. The summed E-state index contributed by atoms with van der Waals surface area (Å²) in [6.07, 6.45) is 4.91. The van der Waals surface area contributed by atoms with Crippen molar-refractivity contribution in [3.05, 3.63) is 23.4 Å². The zero-order valence-corrected chi connectivity index (χ0v) is 10.3. The molecule has 2 rings (SSSR count). The summed E-state index contributed by atoms with van der Waals surface area (Å²) in [5, 5.41) is 0.187. The fraction of sp³-hybridized carbons (Fsp3) is 0.500. The second-order valence-corrected chi connectivity index (χ2v) is 6.31. The standard InChI is InChI=1S/C10H13ClN2O2S/c11-8-5-6-12-10(7-8)13-16(14,15)9-3-1-2-4-9/h5-7,9H,1-4H2,(H,12,13). The predicted molar refractivity (Wildman–Crippen MR) is 64.0 cm³/mol. The van der Waals surface area contributed by atoms with Gasteiger partial charge in [0, 0.05) is 17.3 Å². The molecule has 1 aliphatic carbocycles. The average molecular weight is 261 g/mol. The number of rotatable bonds is 3. The molecule has 16 heavy (non-hydrogen) atoms. The third-order valence-electron chi connectivity index (χ3n) is 2.71. The number of nitrogens with one attached hydrogen (secondary N) is 1. The molecule has 0 aliphatic heterocycles. The van der Waals surface area contributed by atoms with Gasteiger partial charge in [-0.3, -0.25) is 4.72 Å². The van der Waals surface area contributed by atoms with Crippen LogP contribution in [0.3, 0.4) is 0 Å². The van der Waals surface area contributed by atoms with E-state index in [-0.39, 0.29) is 5.25 Å². The Kier molecular flexibility index (Phi) is 3.35. The first-order valence-electron chi connectivity index (χ1n) is 5.21. The highest BCUT2D eigenvalue weighted by molar-refractivity contribution is 7.93. The number of sulfonamides is 1. The zero-order valence-electron chi connectivity index (χ0n) is 8.69.